The summed E-state index contributed by atoms with van der Waals surface area (Å²) in [4.78, 5) is 16.2. The molecule has 36 heavy (non-hydrogen) atoms. The van der Waals surface area contributed by atoms with Gasteiger partial charge in [-0.05, 0) is 55.9 Å². The zero-order valence-corrected chi connectivity index (χ0v) is 25.1. The van der Waals surface area contributed by atoms with E-state index in [0.717, 1.165) is 31.1 Å². The lowest BCUT2D eigenvalue weighted by Gasteiger charge is -2.23. The Bertz CT molecular complexity index is 584. The summed E-state index contributed by atoms with van der Waals surface area (Å²) in [5.74, 6) is 4.63. The first kappa shape index (κ1) is 34.0. The van der Waals surface area contributed by atoms with E-state index in [9.17, 15) is 9.36 Å². The minimum Gasteiger partial charge on any atom is -0.472 e. The predicted molar refractivity (Wildman–Crippen MR) is 152 cm³/mol. The molecule has 0 aliphatic heterocycles. The average Bonchev–Trinajstić information content (AvgIpc) is 3.40. The van der Waals surface area contributed by atoms with Crippen LogP contribution in [0.3, 0.4) is 0 Å². The van der Waals surface area contributed by atoms with Crippen LogP contribution in [0.25, 0.3) is 0 Å². The van der Waals surface area contributed by atoms with Crippen molar-refractivity contribution >= 4 is 25.1 Å². The molecule has 0 aromatic rings. The highest BCUT2D eigenvalue weighted by Gasteiger charge is 2.37. The Kier molecular flexibility index (Phi) is 20.6. The summed E-state index contributed by atoms with van der Waals surface area (Å²) in [7, 11) is -4.25. The summed E-state index contributed by atoms with van der Waals surface area (Å²) >= 11 is 2.17. The molecule has 1 fully saturated rings. The zero-order valence-electron chi connectivity index (χ0n) is 23.4. The number of unbranched alkanes of at least 4 members (excludes halogenated alkanes) is 8. The van der Waals surface area contributed by atoms with E-state index < -0.39 is 13.3 Å². The van der Waals surface area contributed by atoms with Crippen LogP contribution in [0, 0.1) is 11.8 Å². The summed E-state index contributed by atoms with van der Waals surface area (Å²) in [6.45, 7) is 5.96. The van der Waals surface area contributed by atoms with Crippen LogP contribution in [0.2, 0.25) is 0 Å². The average molecular weight is 551 g/mol. The highest BCUT2D eigenvalue weighted by atomic mass is 32.2. The van der Waals surface area contributed by atoms with E-state index in [4.69, 9.17) is 19.2 Å². The van der Waals surface area contributed by atoms with Gasteiger partial charge in [0.25, 0.3) is 0 Å². The maximum Gasteiger partial charge on any atom is 0.464 e. The van der Waals surface area contributed by atoms with Gasteiger partial charge in [-0.2, -0.15) is 11.8 Å². The van der Waals surface area contributed by atoms with Crippen molar-refractivity contribution in [3.05, 3.63) is 0 Å². The maximum absolute atomic E-state index is 12.1. The first-order valence-corrected chi connectivity index (χ1v) is 17.5. The summed E-state index contributed by atoms with van der Waals surface area (Å²) < 4.78 is 21.7. The van der Waals surface area contributed by atoms with Crippen LogP contribution in [-0.2, 0) is 18.7 Å². The molecule has 1 aliphatic rings. The molecule has 0 bridgehead atoms. The maximum atomic E-state index is 12.1. The monoisotopic (exact) mass is 550 g/mol. The Morgan fingerprint density at radius 2 is 1.53 bits per heavy atom. The Labute approximate surface area is 225 Å². The smallest absolute Gasteiger partial charge is 0.464 e. The van der Waals surface area contributed by atoms with Gasteiger partial charge in [-0.3, -0.25) is 4.52 Å². The zero-order chi connectivity index (χ0) is 26.5. The highest BCUT2D eigenvalue weighted by Crippen LogP contribution is 2.49. The molecule has 1 saturated carbocycles. The van der Waals surface area contributed by atoms with E-state index in [1.165, 1.54) is 101 Å². The van der Waals surface area contributed by atoms with E-state index >= 15 is 0 Å². The summed E-state index contributed by atoms with van der Waals surface area (Å²) in [6, 6.07) is 0. The minimum atomic E-state index is -4.25. The van der Waals surface area contributed by atoms with Crippen LogP contribution in [0.4, 0.5) is 4.79 Å². The van der Waals surface area contributed by atoms with Crippen LogP contribution in [0.1, 0.15) is 136 Å². The third kappa shape index (κ3) is 16.0. The molecule has 0 heterocycles. The molecule has 0 aromatic carbocycles. The van der Waals surface area contributed by atoms with Crippen LogP contribution in [0.15, 0.2) is 0 Å². The van der Waals surface area contributed by atoms with E-state index in [0.29, 0.717) is 6.42 Å². The Morgan fingerprint density at radius 1 is 0.889 bits per heavy atom. The van der Waals surface area contributed by atoms with Crippen molar-refractivity contribution in [2.24, 2.45) is 11.8 Å². The summed E-state index contributed by atoms with van der Waals surface area (Å²) in [5, 5.41) is 9.06. The van der Waals surface area contributed by atoms with Crippen molar-refractivity contribution in [3.63, 3.8) is 0 Å². The van der Waals surface area contributed by atoms with Crippen LogP contribution < -0.4 is 0 Å². The lowest BCUT2D eigenvalue weighted by Crippen LogP contribution is -2.13. The third-order valence-electron chi connectivity index (χ3n) is 7.28. The number of carboxylic acid groups (broad SMARTS) is 1. The Morgan fingerprint density at radius 3 is 2.19 bits per heavy atom. The third-order valence-corrected chi connectivity index (χ3v) is 9.66. The molecule has 3 atom stereocenters. The van der Waals surface area contributed by atoms with Crippen molar-refractivity contribution in [1.82, 2.24) is 0 Å². The molecule has 1 rings (SSSR count). The molecule has 214 valence electrons. The van der Waals surface area contributed by atoms with Gasteiger partial charge in [-0.1, -0.05) is 104 Å². The lowest BCUT2D eigenvalue weighted by molar-refractivity contribution is -0.247. The van der Waals surface area contributed by atoms with Gasteiger partial charge in [0, 0.05) is 0 Å². The standard InChI is InChI=1S/C28H55O6PS/c1-4-6-7-13-18-27(26-19-14-15-20-26)21-24-36-23-16-11-9-8-10-12-17-25(3)33-34-35(31,28(29)30)32-22-5-2/h25-27H,4-24H2,1-3H3,(H,29,30). The molecular formula is C28H55O6PS. The van der Waals surface area contributed by atoms with Gasteiger partial charge >= 0.3 is 13.3 Å². The topological polar surface area (TPSA) is 82.1 Å². The van der Waals surface area contributed by atoms with E-state index in [1.807, 2.05) is 0 Å². The fraction of sp³-hybridized carbons (Fsp3) is 0.964. The second kappa shape index (κ2) is 21.8. The molecule has 0 spiro atoms. The van der Waals surface area contributed by atoms with Gasteiger partial charge in [-0.15, -0.1) is 4.67 Å². The van der Waals surface area contributed by atoms with Crippen molar-refractivity contribution in [3.8, 4) is 0 Å². The van der Waals surface area contributed by atoms with Gasteiger partial charge < -0.3 is 5.11 Å². The van der Waals surface area contributed by atoms with E-state index in [2.05, 4.69) is 18.7 Å². The highest BCUT2D eigenvalue weighted by molar-refractivity contribution is 7.99. The number of carbonyl (C=O) groups is 1. The molecule has 6 nitrogen and oxygen atoms in total. The molecule has 0 radical (unpaired) electrons. The number of hydrogen-bond acceptors (Lipinski definition) is 6. The fourth-order valence-corrected chi connectivity index (χ4v) is 7.04. The van der Waals surface area contributed by atoms with Crippen molar-refractivity contribution in [1.29, 1.82) is 0 Å². The molecule has 0 saturated heterocycles. The van der Waals surface area contributed by atoms with Gasteiger partial charge in [-0.25, -0.2) is 14.2 Å². The molecule has 1 N–H and O–H groups in total. The summed E-state index contributed by atoms with van der Waals surface area (Å²) in [6.07, 6.45) is 22.5. The fourth-order valence-electron chi connectivity index (χ4n) is 5.06. The van der Waals surface area contributed by atoms with Gasteiger partial charge in [0.2, 0.25) is 0 Å². The SMILES string of the molecule is CCCCCCC(CCSCCCCCCCCC(C)OOP(=O)(OCCC)C(=O)O)C1CCCC1. The van der Waals surface area contributed by atoms with Gasteiger partial charge in [0.1, 0.15) is 0 Å². The Balaban J connectivity index is 2.01. The number of thioether (sulfide) groups is 1. The molecule has 1 aliphatic carbocycles. The molecule has 0 aromatic heterocycles. The van der Waals surface area contributed by atoms with E-state index in [1.54, 1.807) is 13.8 Å². The van der Waals surface area contributed by atoms with Crippen LogP contribution in [0.5, 0.6) is 0 Å². The first-order valence-electron chi connectivity index (χ1n) is 14.8. The molecule has 0 amide bonds. The largest absolute Gasteiger partial charge is 0.472 e. The normalized spacial score (nSPS) is 17.8. The quantitative estimate of drug-likeness (QED) is 0.0524. The Hall–Kier alpha value is -0.0700. The number of hydrogen-bond donors (Lipinski definition) is 1. The molecule has 3 unspecified atom stereocenters. The predicted octanol–water partition coefficient (Wildman–Crippen LogP) is 10.3. The first-order chi connectivity index (χ1) is 17.4. The number of rotatable bonds is 25. The lowest BCUT2D eigenvalue weighted by atomic mass is 9.84. The van der Waals surface area contributed by atoms with E-state index in [-0.39, 0.29) is 12.7 Å². The van der Waals surface area contributed by atoms with Crippen LogP contribution >= 0.6 is 19.4 Å². The van der Waals surface area contributed by atoms with Crippen molar-refractivity contribution in [2.75, 3.05) is 18.1 Å². The van der Waals surface area contributed by atoms with Gasteiger partial charge in [0.15, 0.2) is 0 Å². The van der Waals surface area contributed by atoms with Gasteiger partial charge in [0.05, 0.1) is 12.7 Å². The van der Waals surface area contributed by atoms with Crippen molar-refractivity contribution < 1.29 is 28.6 Å². The molecule has 8 heteroatoms. The second-order valence-electron chi connectivity index (χ2n) is 10.6. The van der Waals surface area contributed by atoms with Crippen LogP contribution in [-0.4, -0.2) is 35.0 Å². The minimum absolute atomic E-state index is 0.0555. The second-order valence-corrected chi connectivity index (χ2v) is 13.6. The molecular weight excluding hydrogens is 495 g/mol. The van der Waals surface area contributed by atoms with Crippen molar-refractivity contribution in [2.45, 2.75) is 142 Å². The summed E-state index contributed by atoms with van der Waals surface area (Å²) in [5.41, 5.74) is -1.61.